The SMILES string of the molecule is Nc1cnn(CCn2nnc3ccccc3c2=O)c1. The number of fused-ring (bicyclic) bond motifs is 1. The summed E-state index contributed by atoms with van der Waals surface area (Å²) >= 11 is 0. The van der Waals surface area contributed by atoms with E-state index in [2.05, 4.69) is 15.4 Å². The maximum atomic E-state index is 12.2. The van der Waals surface area contributed by atoms with Crippen LogP contribution in [-0.2, 0) is 13.1 Å². The van der Waals surface area contributed by atoms with Crippen molar-refractivity contribution in [1.29, 1.82) is 0 Å². The van der Waals surface area contributed by atoms with Crippen molar-refractivity contribution in [2.45, 2.75) is 13.1 Å². The maximum Gasteiger partial charge on any atom is 0.277 e. The van der Waals surface area contributed by atoms with Crippen LogP contribution < -0.4 is 11.3 Å². The van der Waals surface area contributed by atoms with Gasteiger partial charge < -0.3 is 5.73 Å². The summed E-state index contributed by atoms with van der Waals surface area (Å²) in [5.41, 5.74) is 6.62. The monoisotopic (exact) mass is 256 g/mol. The standard InChI is InChI=1S/C12H12N6O/c13-9-7-14-17(8-9)5-6-18-12(19)10-3-1-2-4-11(10)15-16-18/h1-4,7-8H,5-6,13H2. The lowest BCUT2D eigenvalue weighted by Gasteiger charge is -2.04. The largest absolute Gasteiger partial charge is 0.396 e. The van der Waals surface area contributed by atoms with Gasteiger partial charge >= 0.3 is 0 Å². The molecule has 3 rings (SSSR count). The number of rotatable bonds is 3. The molecule has 0 spiro atoms. The van der Waals surface area contributed by atoms with E-state index in [0.29, 0.717) is 29.7 Å². The van der Waals surface area contributed by atoms with E-state index in [0.717, 1.165) is 0 Å². The second kappa shape index (κ2) is 4.52. The summed E-state index contributed by atoms with van der Waals surface area (Å²) in [6.07, 6.45) is 3.27. The molecule has 3 aromatic rings. The van der Waals surface area contributed by atoms with Gasteiger partial charge in [-0.25, -0.2) is 4.68 Å². The van der Waals surface area contributed by atoms with E-state index in [4.69, 9.17) is 5.73 Å². The Morgan fingerprint density at radius 1 is 1.21 bits per heavy atom. The number of hydrogen-bond acceptors (Lipinski definition) is 5. The van der Waals surface area contributed by atoms with E-state index in [1.165, 1.54) is 4.68 Å². The third kappa shape index (κ3) is 2.17. The zero-order chi connectivity index (χ0) is 13.2. The predicted molar refractivity (Wildman–Crippen MR) is 70.4 cm³/mol. The maximum absolute atomic E-state index is 12.2. The highest BCUT2D eigenvalue weighted by Gasteiger charge is 2.05. The molecule has 0 saturated carbocycles. The molecule has 96 valence electrons. The van der Waals surface area contributed by atoms with Crippen LogP contribution in [0.4, 0.5) is 5.69 Å². The molecule has 2 N–H and O–H groups in total. The molecule has 0 amide bonds. The van der Waals surface area contributed by atoms with Gasteiger partial charge in [-0.05, 0) is 12.1 Å². The number of nitrogens with two attached hydrogens (primary N) is 1. The van der Waals surface area contributed by atoms with Crippen LogP contribution in [0.25, 0.3) is 10.9 Å². The summed E-state index contributed by atoms with van der Waals surface area (Å²) in [7, 11) is 0. The van der Waals surface area contributed by atoms with Crippen LogP contribution in [0.15, 0.2) is 41.5 Å². The Balaban J connectivity index is 1.89. The second-order valence-corrected chi connectivity index (χ2v) is 4.17. The predicted octanol–water partition coefficient (Wildman–Crippen LogP) is 0.270. The Morgan fingerprint density at radius 2 is 2.05 bits per heavy atom. The fourth-order valence-electron chi connectivity index (χ4n) is 1.87. The number of aryl methyl sites for hydroxylation is 2. The van der Waals surface area contributed by atoms with Crippen molar-refractivity contribution in [3.05, 3.63) is 47.0 Å². The summed E-state index contributed by atoms with van der Waals surface area (Å²) < 4.78 is 3.00. The lowest BCUT2D eigenvalue weighted by molar-refractivity contribution is 0.469. The number of hydrogen-bond donors (Lipinski definition) is 1. The molecule has 0 saturated heterocycles. The molecule has 0 atom stereocenters. The number of aromatic nitrogens is 5. The topological polar surface area (TPSA) is 91.6 Å². The van der Waals surface area contributed by atoms with Gasteiger partial charge in [0.25, 0.3) is 5.56 Å². The molecular weight excluding hydrogens is 244 g/mol. The molecule has 7 heteroatoms. The molecule has 0 fully saturated rings. The average molecular weight is 256 g/mol. The first-order chi connectivity index (χ1) is 9.24. The minimum Gasteiger partial charge on any atom is -0.396 e. The Morgan fingerprint density at radius 3 is 2.84 bits per heavy atom. The fraction of sp³-hybridized carbons (Fsp3) is 0.167. The van der Waals surface area contributed by atoms with E-state index in [1.807, 2.05) is 12.1 Å². The minimum atomic E-state index is -0.147. The van der Waals surface area contributed by atoms with Crippen LogP contribution in [0.3, 0.4) is 0 Å². The van der Waals surface area contributed by atoms with Crippen LogP contribution in [0.2, 0.25) is 0 Å². The molecule has 0 aliphatic carbocycles. The molecule has 2 heterocycles. The van der Waals surface area contributed by atoms with Crippen molar-refractivity contribution in [2.75, 3.05) is 5.73 Å². The van der Waals surface area contributed by atoms with Crippen molar-refractivity contribution in [3.8, 4) is 0 Å². The molecule has 0 aliphatic heterocycles. The fourth-order valence-corrected chi connectivity index (χ4v) is 1.87. The zero-order valence-electron chi connectivity index (χ0n) is 10.1. The van der Waals surface area contributed by atoms with Crippen molar-refractivity contribution in [3.63, 3.8) is 0 Å². The van der Waals surface area contributed by atoms with Crippen molar-refractivity contribution < 1.29 is 0 Å². The van der Waals surface area contributed by atoms with E-state index >= 15 is 0 Å². The van der Waals surface area contributed by atoms with Crippen LogP contribution in [0.5, 0.6) is 0 Å². The van der Waals surface area contributed by atoms with Gasteiger partial charge in [0.05, 0.1) is 30.4 Å². The van der Waals surface area contributed by atoms with E-state index in [1.54, 1.807) is 29.2 Å². The Kier molecular flexibility index (Phi) is 2.71. The highest BCUT2D eigenvalue weighted by Crippen LogP contribution is 2.03. The third-order valence-electron chi connectivity index (χ3n) is 2.82. The first-order valence-corrected chi connectivity index (χ1v) is 5.84. The first-order valence-electron chi connectivity index (χ1n) is 5.84. The molecule has 0 unspecified atom stereocenters. The molecular formula is C12H12N6O. The molecule has 19 heavy (non-hydrogen) atoms. The van der Waals surface area contributed by atoms with Gasteiger partial charge in [-0.1, -0.05) is 17.3 Å². The molecule has 0 aliphatic rings. The first kappa shape index (κ1) is 11.4. The summed E-state index contributed by atoms with van der Waals surface area (Å²) in [6, 6.07) is 7.15. The van der Waals surface area contributed by atoms with Crippen molar-refractivity contribution in [2.24, 2.45) is 0 Å². The number of nitrogen functional groups attached to an aromatic ring is 1. The Hall–Kier alpha value is -2.70. The average Bonchev–Trinajstić information content (AvgIpc) is 2.84. The van der Waals surface area contributed by atoms with Crippen LogP contribution in [0.1, 0.15) is 0 Å². The Labute approximate surface area is 108 Å². The normalized spacial score (nSPS) is 10.9. The highest BCUT2D eigenvalue weighted by molar-refractivity contribution is 5.76. The summed E-state index contributed by atoms with van der Waals surface area (Å²) in [5, 5.41) is 12.5. The van der Waals surface area contributed by atoms with Crippen LogP contribution in [-0.4, -0.2) is 24.8 Å². The van der Waals surface area contributed by atoms with E-state index in [9.17, 15) is 4.79 Å². The molecule has 0 radical (unpaired) electrons. The highest BCUT2D eigenvalue weighted by atomic mass is 16.1. The molecule has 0 bridgehead atoms. The van der Waals surface area contributed by atoms with Gasteiger partial charge in [0.15, 0.2) is 0 Å². The number of anilines is 1. The summed E-state index contributed by atoms with van der Waals surface area (Å²) in [4.78, 5) is 12.2. The van der Waals surface area contributed by atoms with Crippen LogP contribution >= 0.6 is 0 Å². The van der Waals surface area contributed by atoms with Gasteiger partial charge in [-0.3, -0.25) is 9.48 Å². The van der Waals surface area contributed by atoms with E-state index < -0.39 is 0 Å². The van der Waals surface area contributed by atoms with Gasteiger partial charge in [-0.15, -0.1) is 5.10 Å². The van der Waals surface area contributed by atoms with Crippen molar-refractivity contribution >= 4 is 16.6 Å². The van der Waals surface area contributed by atoms with Gasteiger partial charge in [0.2, 0.25) is 0 Å². The molecule has 1 aromatic carbocycles. The molecule has 7 nitrogen and oxygen atoms in total. The van der Waals surface area contributed by atoms with Gasteiger partial charge in [0, 0.05) is 6.20 Å². The number of nitrogens with zero attached hydrogens (tertiary/aromatic N) is 5. The van der Waals surface area contributed by atoms with Gasteiger partial charge in [-0.2, -0.15) is 5.10 Å². The number of benzene rings is 1. The second-order valence-electron chi connectivity index (χ2n) is 4.17. The van der Waals surface area contributed by atoms with Gasteiger partial charge in [0.1, 0.15) is 5.52 Å². The van der Waals surface area contributed by atoms with E-state index in [-0.39, 0.29) is 5.56 Å². The molecule has 2 aromatic heterocycles. The lowest BCUT2D eigenvalue weighted by atomic mass is 10.2. The zero-order valence-corrected chi connectivity index (χ0v) is 10.1. The summed E-state index contributed by atoms with van der Waals surface area (Å²) in [6.45, 7) is 0.919. The minimum absolute atomic E-state index is 0.147. The van der Waals surface area contributed by atoms with Crippen LogP contribution in [0, 0.1) is 0 Å². The Bertz CT molecular complexity index is 775. The van der Waals surface area contributed by atoms with Crippen molar-refractivity contribution in [1.82, 2.24) is 24.8 Å². The summed E-state index contributed by atoms with van der Waals surface area (Å²) in [5.74, 6) is 0. The third-order valence-corrected chi connectivity index (χ3v) is 2.82. The quantitative estimate of drug-likeness (QED) is 0.726. The lowest BCUT2D eigenvalue weighted by Crippen LogP contribution is -2.26. The smallest absolute Gasteiger partial charge is 0.277 e.